The topological polar surface area (TPSA) is 20.3 Å². The van der Waals surface area contributed by atoms with Gasteiger partial charge in [-0.15, -0.1) is 0 Å². The average molecular weight is 402 g/mol. The summed E-state index contributed by atoms with van der Waals surface area (Å²) >= 11 is 0. The summed E-state index contributed by atoms with van der Waals surface area (Å²) in [6.45, 7) is 8.79. The first-order valence-electron chi connectivity index (χ1n) is 11.5. The number of carbonyl (C=O) groups is 1. The number of unbranched alkanes of at least 4 members (excludes halogenated alkanes) is 2. The summed E-state index contributed by atoms with van der Waals surface area (Å²) in [5, 5.41) is 0. The Kier molecular flexibility index (Phi) is 8.07. The molecule has 0 heterocycles. The minimum absolute atomic E-state index is 0.201. The Morgan fingerprint density at radius 1 is 0.767 bits per heavy atom. The van der Waals surface area contributed by atoms with Crippen molar-refractivity contribution in [1.29, 1.82) is 0 Å². The van der Waals surface area contributed by atoms with Crippen molar-refractivity contribution in [3.05, 3.63) is 76.4 Å². The van der Waals surface area contributed by atoms with Gasteiger partial charge in [0, 0.05) is 29.9 Å². The highest BCUT2D eigenvalue weighted by Gasteiger charge is 2.22. The smallest absolute Gasteiger partial charge is 0.185 e. The lowest BCUT2D eigenvalue weighted by Gasteiger charge is -2.24. The van der Waals surface area contributed by atoms with Gasteiger partial charge in [-0.1, -0.05) is 68.7 Å². The second-order valence-electron chi connectivity index (χ2n) is 8.36. The van der Waals surface area contributed by atoms with Crippen molar-refractivity contribution in [2.24, 2.45) is 0 Å². The summed E-state index contributed by atoms with van der Waals surface area (Å²) < 4.78 is 0. The van der Waals surface area contributed by atoms with E-state index in [1.165, 1.54) is 36.9 Å². The molecule has 0 radical (unpaired) electrons. The van der Waals surface area contributed by atoms with E-state index in [1.807, 2.05) is 6.08 Å². The van der Waals surface area contributed by atoms with E-state index < -0.39 is 0 Å². The number of benzene rings is 2. The predicted octanol–water partition coefficient (Wildman–Crippen LogP) is 7.23. The number of anilines is 1. The quantitative estimate of drug-likeness (QED) is 0.413. The van der Waals surface area contributed by atoms with Gasteiger partial charge in [0.05, 0.1) is 0 Å². The van der Waals surface area contributed by atoms with Crippen molar-refractivity contribution in [2.45, 2.75) is 59.3 Å². The van der Waals surface area contributed by atoms with Crippen LogP contribution in [0.15, 0.2) is 59.7 Å². The lowest BCUT2D eigenvalue weighted by Crippen LogP contribution is -2.25. The van der Waals surface area contributed by atoms with Gasteiger partial charge >= 0.3 is 0 Å². The van der Waals surface area contributed by atoms with E-state index in [1.54, 1.807) is 0 Å². The predicted molar refractivity (Wildman–Crippen MR) is 130 cm³/mol. The van der Waals surface area contributed by atoms with Crippen molar-refractivity contribution < 1.29 is 4.79 Å². The van der Waals surface area contributed by atoms with Crippen LogP contribution in [0.5, 0.6) is 0 Å². The maximum absolute atomic E-state index is 12.8. The van der Waals surface area contributed by atoms with Gasteiger partial charge in [0.25, 0.3) is 0 Å². The normalized spacial score (nSPS) is 16.6. The van der Waals surface area contributed by atoms with Gasteiger partial charge in [0.15, 0.2) is 5.78 Å². The molecule has 2 heteroatoms. The molecule has 1 aliphatic carbocycles. The molecule has 2 aromatic carbocycles. The molecule has 0 amide bonds. The molecule has 0 aromatic heterocycles. The van der Waals surface area contributed by atoms with Gasteiger partial charge in [0.2, 0.25) is 0 Å². The number of hydrogen-bond donors (Lipinski definition) is 0. The summed E-state index contributed by atoms with van der Waals surface area (Å²) in [6, 6.07) is 17.1. The minimum Gasteiger partial charge on any atom is -0.372 e. The van der Waals surface area contributed by atoms with Crippen LogP contribution in [0.2, 0.25) is 0 Å². The Balaban J connectivity index is 1.70. The number of ketones is 1. The maximum Gasteiger partial charge on any atom is 0.185 e. The Hall–Kier alpha value is -2.61. The standard InChI is InChI=1S/C28H35NO/c1-4-6-18-29(19-7-5-2)27-16-12-24(13-17-27)21-26-15-14-25(28(26)30)20-23-10-8-22(3)9-11-23/h8-13,16-17,20-21H,4-7,14-15,18-19H2,1-3H3/b25-20+,26-21+. The number of rotatable bonds is 9. The molecule has 158 valence electrons. The number of Topliss-reactive ketones (excluding diaryl/α,β-unsaturated/α-hetero) is 1. The summed E-state index contributed by atoms with van der Waals surface area (Å²) in [6.07, 6.45) is 10.7. The van der Waals surface area contributed by atoms with Crippen LogP contribution in [-0.4, -0.2) is 18.9 Å². The molecule has 3 rings (SSSR count). The third kappa shape index (κ3) is 5.95. The first-order valence-corrected chi connectivity index (χ1v) is 11.5. The minimum atomic E-state index is 0.201. The highest BCUT2D eigenvalue weighted by Crippen LogP contribution is 2.30. The van der Waals surface area contributed by atoms with Crippen LogP contribution in [0.3, 0.4) is 0 Å². The molecule has 2 nitrogen and oxygen atoms in total. The van der Waals surface area contributed by atoms with Crippen LogP contribution in [0.4, 0.5) is 5.69 Å². The number of allylic oxidation sites excluding steroid dienone is 2. The first kappa shape index (κ1) is 22.1. The Morgan fingerprint density at radius 3 is 1.70 bits per heavy atom. The molecule has 0 aliphatic heterocycles. The van der Waals surface area contributed by atoms with Crippen molar-refractivity contribution in [2.75, 3.05) is 18.0 Å². The van der Waals surface area contributed by atoms with Crippen LogP contribution in [0.1, 0.15) is 69.1 Å². The van der Waals surface area contributed by atoms with Gasteiger partial charge in [0.1, 0.15) is 0 Å². The number of nitrogens with zero attached hydrogens (tertiary/aromatic N) is 1. The number of aryl methyl sites for hydroxylation is 1. The van der Waals surface area contributed by atoms with Gasteiger partial charge in [-0.25, -0.2) is 0 Å². The van der Waals surface area contributed by atoms with E-state index in [0.29, 0.717) is 0 Å². The van der Waals surface area contributed by atoms with Crippen LogP contribution in [0.25, 0.3) is 12.2 Å². The van der Waals surface area contributed by atoms with Gasteiger partial charge in [-0.05, 0) is 68.0 Å². The Labute approximate surface area is 182 Å². The van der Waals surface area contributed by atoms with Crippen molar-refractivity contribution >= 4 is 23.6 Å². The zero-order valence-corrected chi connectivity index (χ0v) is 18.8. The lowest BCUT2D eigenvalue weighted by atomic mass is 10.1. The second-order valence-corrected chi connectivity index (χ2v) is 8.36. The molecule has 0 bridgehead atoms. The molecular formula is C28H35NO. The fraction of sp³-hybridized carbons (Fsp3) is 0.393. The highest BCUT2D eigenvalue weighted by atomic mass is 16.1. The molecule has 0 N–H and O–H groups in total. The van der Waals surface area contributed by atoms with Crippen molar-refractivity contribution in [3.63, 3.8) is 0 Å². The molecular weight excluding hydrogens is 366 g/mol. The first-order chi connectivity index (χ1) is 14.6. The fourth-order valence-electron chi connectivity index (χ4n) is 3.89. The van der Waals surface area contributed by atoms with E-state index in [9.17, 15) is 4.79 Å². The molecule has 0 atom stereocenters. The molecule has 1 saturated carbocycles. The third-order valence-corrected chi connectivity index (χ3v) is 5.83. The largest absolute Gasteiger partial charge is 0.372 e. The molecule has 1 aliphatic rings. The van der Waals surface area contributed by atoms with Gasteiger partial charge in [-0.2, -0.15) is 0 Å². The molecule has 1 fully saturated rings. The second kappa shape index (κ2) is 11.0. The molecule has 0 saturated heterocycles. The van der Waals surface area contributed by atoms with Gasteiger partial charge in [-0.3, -0.25) is 4.79 Å². The highest BCUT2D eigenvalue weighted by molar-refractivity contribution is 6.15. The van der Waals surface area contributed by atoms with Crippen LogP contribution >= 0.6 is 0 Å². The Morgan fingerprint density at radius 2 is 1.23 bits per heavy atom. The van der Waals surface area contributed by atoms with E-state index >= 15 is 0 Å². The summed E-state index contributed by atoms with van der Waals surface area (Å²) in [5.74, 6) is 0.201. The van der Waals surface area contributed by atoms with Crippen LogP contribution < -0.4 is 4.90 Å². The molecule has 2 aromatic rings. The van der Waals surface area contributed by atoms with Crippen LogP contribution in [0, 0.1) is 6.92 Å². The molecule has 0 spiro atoms. The van der Waals surface area contributed by atoms with Crippen LogP contribution in [-0.2, 0) is 4.79 Å². The van der Waals surface area contributed by atoms with E-state index in [0.717, 1.165) is 48.2 Å². The number of carbonyl (C=O) groups excluding carboxylic acids is 1. The van der Waals surface area contributed by atoms with E-state index in [2.05, 4.69) is 80.3 Å². The van der Waals surface area contributed by atoms with Gasteiger partial charge < -0.3 is 4.90 Å². The third-order valence-electron chi connectivity index (χ3n) is 5.83. The summed E-state index contributed by atoms with van der Waals surface area (Å²) in [5.41, 5.74) is 6.60. The monoisotopic (exact) mass is 401 g/mol. The van der Waals surface area contributed by atoms with E-state index in [4.69, 9.17) is 0 Å². The summed E-state index contributed by atoms with van der Waals surface area (Å²) in [7, 11) is 0. The molecule has 30 heavy (non-hydrogen) atoms. The van der Waals surface area contributed by atoms with Crippen molar-refractivity contribution in [3.8, 4) is 0 Å². The zero-order valence-electron chi connectivity index (χ0n) is 18.8. The van der Waals surface area contributed by atoms with E-state index in [-0.39, 0.29) is 5.78 Å². The van der Waals surface area contributed by atoms with Crippen molar-refractivity contribution in [1.82, 2.24) is 0 Å². The lowest BCUT2D eigenvalue weighted by molar-refractivity contribution is -0.111. The maximum atomic E-state index is 12.8. The average Bonchev–Trinajstić information content (AvgIpc) is 3.10. The summed E-state index contributed by atoms with van der Waals surface area (Å²) in [4.78, 5) is 15.3. The fourth-order valence-corrected chi connectivity index (χ4v) is 3.89. The Bertz CT molecular complexity index is 879. The SMILES string of the molecule is CCCCN(CCCC)c1ccc(/C=C2\CC/C(=C\c3ccc(C)cc3)C2=O)cc1. The zero-order chi connectivity index (χ0) is 21.3. The molecule has 0 unspecified atom stereocenters. The number of hydrogen-bond acceptors (Lipinski definition) is 2.